The maximum atomic E-state index is 12.2. The number of nitrogens with zero attached hydrogens (tertiary/aromatic N) is 2. The zero-order chi connectivity index (χ0) is 15.0. The summed E-state index contributed by atoms with van der Waals surface area (Å²) >= 11 is 0. The number of carbonyl (C=O) groups is 2. The van der Waals surface area contributed by atoms with Gasteiger partial charge in [-0.1, -0.05) is 12.1 Å². The molecule has 108 valence electrons. The smallest absolute Gasteiger partial charge is 0.325 e. The van der Waals surface area contributed by atoms with Gasteiger partial charge in [-0.3, -0.25) is 14.6 Å². The number of amides is 1. The fraction of sp³-hybridized carbons (Fsp3) is 0.400. The highest BCUT2D eigenvalue weighted by Crippen LogP contribution is 2.06. The molecule has 1 rings (SSSR count). The van der Waals surface area contributed by atoms with Gasteiger partial charge in [0.05, 0.1) is 18.7 Å². The minimum absolute atomic E-state index is 0.0649. The minimum Gasteiger partial charge on any atom is -0.465 e. The average Bonchev–Trinajstić information content (AvgIpc) is 2.41. The summed E-state index contributed by atoms with van der Waals surface area (Å²) in [7, 11) is 0. The first-order valence-electron chi connectivity index (χ1n) is 6.53. The lowest BCUT2D eigenvalue weighted by Gasteiger charge is -2.20. The van der Waals surface area contributed by atoms with Crippen molar-refractivity contribution < 1.29 is 14.3 Å². The zero-order valence-corrected chi connectivity index (χ0v) is 12.0. The van der Waals surface area contributed by atoms with Gasteiger partial charge >= 0.3 is 5.97 Å². The van der Waals surface area contributed by atoms with Gasteiger partial charge in [-0.2, -0.15) is 0 Å². The monoisotopic (exact) mass is 276 g/mol. The van der Waals surface area contributed by atoms with E-state index in [1.165, 1.54) is 4.90 Å². The number of aromatic nitrogens is 1. The Morgan fingerprint density at radius 2 is 2.25 bits per heavy atom. The van der Waals surface area contributed by atoms with E-state index in [0.717, 1.165) is 11.3 Å². The summed E-state index contributed by atoms with van der Waals surface area (Å²) in [5, 5.41) is 0. The topological polar surface area (TPSA) is 59.5 Å². The summed E-state index contributed by atoms with van der Waals surface area (Å²) in [6.45, 7) is 7.78. The van der Waals surface area contributed by atoms with Crippen molar-refractivity contribution in [3.05, 3.63) is 42.2 Å². The van der Waals surface area contributed by atoms with Gasteiger partial charge in [0.1, 0.15) is 6.54 Å². The van der Waals surface area contributed by atoms with E-state index in [4.69, 9.17) is 4.74 Å². The molecule has 1 heterocycles. The van der Waals surface area contributed by atoms with Crippen LogP contribution >= 0.6 is 0 Å². The maximum absolute atomic E-state index is 12.2. The van der Waals surface area contributed by atoms with Crippen LogP contribution in [0.3, 0.4) is 0 Å². The summed E-state index contributed by atoms with van der Waals surface area (Å²) in [4.78, 5) is 29.3. The van der Waals surface area contributed by atoms with Crippen molar-refractivity contribution >= 4 is 11.9 Å². The average molecular weight is 276 g/mol. The molecular formula is C15H20N2O3. The fourth-order valence-corrected chi connectivity index (χ4v) is 1.73. The molecule has 0 N–H and O–H groups in total. The van der Waals surface area contributed by atoms with E-state index in [2.05, 4.69) is 11.6 Å². The first kappa shape index (κ1) is 15.9. The third kappa shape index (κ3) is 4.84. The van der Waals surface area contributed by atoms with Crippen LogP contribution in [0.1, 0.15) is 18.2 Å². The van der Waals surface area contributed by atoms with Gasteiger partial charge in [-0.15, -0.1) is 6.58 Å². The normalized spacial score (nSPS) is 9.90. The van der Waals surface area contributed by atoms with Crippen molar-refractivity contribution in [2.45, 2.75) is 20.3 Å². The second-order valence-corrected chi connectivity index (χ2v) is 4.31. The van der Waals surface area contributed by atoms with Crippen LogP contribution in [0.15, 0.2) is 31.0 Å². The molecule has 0 saturated heterocycles. The maximum Gasteiger partial charge on any atom is 0.325 e. The van der Waals surface area contributed by atoms with Crippen LogP contribution in [0.4, 0.5) is 0 Å². The van der Waals surface area contributed by atoms with Crippen LogP contribution in [-0.4, -0.2) is 41.5 Å². The van der Waals surface area contributed by atoms with Crippen LogP contribution in [0.2, 0.25) is 0 Å². The molecule has 0 spiro atoms. The van der Waals surface area contributed by atoms with E-state index < -0.39 is 5.97 Å². The highest BCUT2D eigenvalue weighted by atomic mass is 16.5. The molecule has 0 bridgehead atoms. The van der Waals surface area contributed by atoms with Crippen molar-refractivity contribution in [3.8, 4) is 0 Å². The molecule has 0 atom stereocenters. The lowest BCUT2D eigenvalue weighted by atomic mass is 10.1. The fourth-order valence-electron chi connectivity index (χ4n) is 1.73. The second-order valence-electron chi connectivity index (χ2n) is 4.31. The van der Waals surface area contributed by atoms with Gasteiger partial charge in [0.25, 0.3) is 0 Å². The summed E-state index contributed by atoms with van der Waals surface area (Å²) in [5.74, 6) is -0.583. The van der Waals surface area contributed by atoms with Crippen LogP contribution in [0, 0.1) is 6.92 Å². The number of aryl methyl sites for hydroxylation is 1. The Morgan fingerprint density at radius 3 is 2.85 bits per heavy atom. The Morgan fingerprint density at radius 1 is 1.50 bits per heavy atom. The first-order chi connectivity index (χ1) is 9.58. The standard InChI is InChI=1S/C15H20N2O3/c1-4-9-17(11-15(19)20-5-2)14(18)10-13-12(3)7-6-8-16-13/h4,6-8H,1,5,9-11H2,2-3H3. The molecule has 1 aromatic heterocycles. The number of ether oxygens (including phenoxy) is 1. The van der Waals surface area contributed by atoms with Gasteiger partial charge in [-0.25, -0.2) is 0 Å². The number of hydrogen-bond donors (Lipinski definition) is 0. The van der Waals surface area contributed by atoms with Crippen molar-refractivity contribution in [2.75, 3.05) is 19.7 Å². The van der Waals surface area contributed by atoms with E-state index in [-0.39, 0.29) is 18.9 Å². The molecule has 0 aromatic carbocycles. The molecule has 20 heavy (non-hydrogen) atoms. The van der Waals surface area contributed by atoms with Crippen LogP contribution < -0.4 is 0 Å². The molecule has 0 saturated carbocycles. The van der Waals surface area contributed by atoms with Gasteiger partial charge in [0.15, 0.2) is 0 Å². The Hall–Kier alpha value is -2.17. The van der Waals surface area contributed by atoms with E-state index in [0.29, 0.717) is 13.2 Å². The van der Waals surface area contributed by atoms with Gasteiger partial charge < -0.3 is 9.64 Å². The van der Waals surface area contributed by atoms with Crippen molar-refractivity contribution in [2.24, 2.45) is 0 Å². The lowest BCUT2D eigenvalue weighted by molar-refractivity contribution is -0.148. The third-order valence-corrected chi connectivity index (χ3v) is 2.76. The number of rotatable bonds is 7. The Bertz CT molecular complexity index is 486. The van der Waals surface area contributed by atoms with Gasteiger partial charge in [0.2, 0.25) is 5.91 Å². The van der Waals surface area contributed by atoms with E-state index in [1.807, 2.05) is 19.1 Å². The van der Waals surface area contributed by atoms with Gasteiger partial charge in [-0.05, 0) is 25.5 Å². The molecule has 0 aliphatic rings. The lowest BCUT2D eigenvalue weighted by Crippen LogP contribution is -2.37. The van der Waals surface area contributed by atoms with E-state index in [9.17, 15) is 9.59 Å². The molecule has 0 aliphatic carbocycles. The highest BCUT2D eigenvalue weighted by molar-refractivity contribution is 5.83. The highest BCUT2D eigenvalue weighted by Gasteiger charge is 2.18. The minimum atomic E-state index is -0.416. The SMILES string of the molecule is C=CCN(CC(=O)OCC)C(=O)Cc1ncccc1C. The van der Waals surface area contributed by atoms with Crippen molar-refractivity contribution in [1.82, 2.24) is 9.88 Å². The molecule has 5 heteroatoms. The summed E-state index contributed by atoms with van der Waals surface area (Å²) in [6, 6.07) is 3.72. The quantitative estimate of drug-likeness (QED) is 0.559. The zero-order valence-electron chi connectivity index (χ0n) is 12.0. The predicted molar refractivity (Wildman–Crippen MR) is 76.1 cm³/mol. The summed E-state index contributed by atoms with van der Waals surface area (Å²) in [5.41, 5.74) is 1.67. The van der Waals surface area contributed by atoms with Crippen molar-refractivity contribution in [1.29, 1.82) is 0 Å². The number of hydrogen-bond acceptors (Lipinski definition) is 4. The molecule has 0 aliphatic heterocycles. The summed E-state index contributed by atoms with van der Waals surface area (Å²) < 4.78 is 4.86. The summed E-state index contributed by atoms with van der Waals surface area (Å²) in [6.07, 6.45) is 3.40. The third-order valence-electron chi connectivity index (χ3n) is 2.76. The molecule has 0 fully saturated rings. The molecule has 1 amide bonds. The van der Waals surface area contributed by atoms with Crippen LogP contribution in [0.5, 0.6) is 0 Å². The Balaban J connectivity index is 2.71. The van der Waals surface area contributed by atoms with E-state index in [1.54, 1.807) is 19.2 Å². The number of carbonyl (C=O) groups excluding carboxylic acids is 2. The number of pyridine rings is 1. The molecule has 1 aromatic rings. The predicted octanol–water partition coefficient (Wildman–Crippen LogP) is 1.51. The second kappa shape index (κ2) is 8.09. The molecular weight excluding hydrogens is 256 g/mol. The Labute approximate surface area is 119 Å². The molecule has 0 unspecified atom stereocenters. The van der Waals surface area contributed by atoms with Crippen molar-refractivity contribution in [3.63, 3.8) is 0 Å². The Kier molecular flexibility index (Phi) is 6.43. The van der Waals surface area contributed by atoms with Crippen LogP contribution in [0.25, 0.3) is 0 Å². The molecule has 5 nitrogen and oxygen atoms in total. The van der Waals surface area contributed by atoms with Crippen LogP contribution in [-0.2, 0) is 20.7 Å². The first-order valence-corrected chi connectivity index (χ1v) is 6.53. The van der Waals surface area contributed by atoms with Gasteiger partial charge in [0, 0.05) is 12.7 Å². The molecule has 0 radical (unpaired) electrons. The van der Waals surface area contributed by atoms with E-state index >= 15 is 0 Å². The number of esters is 1. The largest absolute Gasteiger partial charge is 0.465 e.